The standard InChI is InChI=1S/C24H28F2N4O/c1-17(27)22-28-20-11-5-7-18(8-6-14-29-15-12-24(25,26)13-16-29)21(20)23(31)30(22)19-9-3-2-4-10-19/h2-5,7,9-11,17H,6,8,12-16,27H2,1H3/t17-/m0/s1. The van der Waals surface area contributed by atoms with E-state index < -0.39 is 12.0 Å². The van der Waals surface area contributed by atoms with Gasteiger partial charge in [-0.1, -0.05) is 30.3 Å². The van der Waals surface area contributed by atoms with Crippen LogP contribution in [0.15, 0.2) is 53.3 Å². The fourth-order valence-corrected chi connectivity index (χ4v) is 4.25. The highest BCUT2D eigenvalue weighted by molar-refractivity contribution is 5.81. The van der Waals surface area contributed by atoms with E-state index >= 15 is 0 Å². The normalized spacial score (nSPS) is 17.7. The van der Waals surface area contributed by atoms with Crippen LogP contribution in [0, 0.1) is 0 Å². The van der Waals surface area contributed by atoms with E-state index in [1.807, 2.05) is 55.5 Å². The molecule has 1 aromatic heterocycles. The highest BCUT2D eigenvalue weighted by atomic mass is 19.3. The molecule has 2 aromatic carbocycles. The second-order valence-electron chi connectivity index (χ2n) is 8.35. The lowest BCUT2D eigenvalue weighted by molar-refractivity contribution is -0.0551. The number of aromatic nitrogens is 2. The average molecular weight is 427 g/mol. The molecule has 1 aliphatic heterocycles. The average Bonchev–Trinajstić information content (AvgIpc) is 2.75. The van der Waals surface area contributed by atoms with Crippen LogP contribution in [0.5, 0.6) is 0 Å². The molecule has 1 saturated heterocycles. The Morgan fingerprint density at radius 2 is 1.81 bits per heavy atom. The number of benzene rings is 2. The summed E-state index contributed by atoms with van der Waals surface area (Å²) in [5.74, 6) is -2.01. The van der Waals surface area contributed by atoms with Gasteiger partial charge in [-0.05, 0) is 50.1 Å². The van der Waals surface area contributed by atoms with Gasteiger partial charge < -0.3 is 10.6 Å². The van der Waals surface area contributed by atoms with Gasteiger partial charge in [-0.25, -0.2) is 13.8 Å². The monoisotopic (exact) mass is 426 g/mol. The minimum atomic E-state index is -2.53. The predicted octanol–water partition coefficient (Wildman–Crippen LogP) is 4.07. The summed E-state index contributed by atoms with van der Waals surface area (Å²) in [7, 11) is 0. The molecule has 0 radical (unpaired) electrons. The topological polar surface area (TPSA) is 64.2 Å². The number of aryl methyl sites for hydroxylation is 1. The Kier molecular flexibility index (Phi) is 6.16. The van der Waals surface area contributed by atoms with E-state index in [4.69, 9.17) is 10.7 Å². The van der Waals surface area contributed by atoms with E-state index in [0.717, 1.165) is 24.2 Å². The molecule has 0 bridgehead atoms. The Morgan fingerprint density at radius 3 is 2.48 bits per heavy atom. The van der Waals surface area contributed by atoms with Crippen molar-refractivity contribution in [3.8, 4) is 5.69 Å². The van der Waals surface area contributed by atoms with Crippen LogP contribution in [0.4, 0.5) is 8.78 Å². The Morgan fingerprint density at radius 1 is 1.10 bits per heavy atom. The van der Waals surface area contributed by atoms with Crippen LogP contribution in [0.1, 0.15) is 43.6 Å². The summed E-state index contributed by atoms with van der Waals surface area (Å²) in [6.07, 6.45) is 1.33. The molecule has 31 heavy (non-hydrogen) atoms. The quantitative estimate of drug-likeness (QED) is 0.645. The van der Waals surface area contributed by atoms with Gasteiger partial charge in [0.15, 0.2) is 0 Å². The van der Waals surface area contributed by atoms with Crippen molar-refractivity contribution in [1.29, 1.82) is 0 Å². The first kappa shape index (κ1) is 21.6. The smallest absolute Gasteiger partial charge is 0.266 e. The van der Waals surface area contributed by atoms with Gasteiger partial charge in [0, 0.05) is 25.9 Å². The largest absolute Gasteiger partial charge is 0.322 e. The zero-order chi connectivity index (χ0) is 22.0. The zero-order valence-electron chi connectivity index (χ0n) is 17.7. The highest BCUT2D eigenvalue weighted by Crippen LogP contribution is 2.28. The molecular formula is C24H28F2N4O. The van der Waals surface area contributed by atoms with E-state index in [0.29, 0.717) is 36.2 Å². The van der Waals surface area contributed by atoms with Crippen molar-refractivity contribution in [1.82, 2.24) is 14.5 Å². The van der Waals surface area contributed by atoms with Gasteiger partial charge in [-0.3, -0.25) is 9.36 Å². The van der Waals surface area contributed by atoms with Crippen molar-refractivity contribution in [2.75, 3.05) is 19.6 Å². The van der Waals surface area contributed by atoms with Gasteiger partial charge in [0.25, 0.3) is 11.5 Å². The zero-order valence-corrected chi connectivity index (χ0v) is 17.7. The number of nitrogens with zero attached hydrogens (tertiary/aromatic N) is 3. The maximum Gasteiger partial charge on any atom is 0.266 e. The van der Waals surface area contributed by atoms with Gasteiger partial charge >= 0.3 is 0 Å². The molecule has 3 aromatic rings. The van der Waals surface area contributed by atoms with Gasteiger partial charge in [0.05, 0.1) is 22.6 Å². The SMILES string of the molecule is C[C@H](N)c1nc2cccc(CCCN3CCC(F)(F)CC3)c2c(=O)n1-c1ccccc1. The number of likely N-dealkylation sites (tertiary alicyclic amines) is 1. The number of fused-ring (bicyclic) bond motifs is 1. The molecule has 0 aliphatic carbocycles. The highest BCUT2D eigenvalue weighted by Gasteiger charge is 2.33. The van der Waals surface area contributed by atoms with Gasteiger partial charge in [0.2, 0.25) is 0 Å². The number of para-hydroxylation sites is 1. The second-order valence-corrected chi connectivity index (χ2v) is 8.35. The molecule has 164 valence electrons. The molecule has 1 atom stereocenters. The third-order valence-corrected chi connectivity index (χ3v) is 5.94. The minimum absolute atomic E-state index is 0.0764. The molecule has 1 aliphatic rings. The van der Waals surface area contributed by atoms with Crippen molar-refractivity contribution in [3.63, 3.8) is 0 Å². The second kappa shape index (κ2) is 8.85. The summed E-state index contributed by atoms with van der Waals surface area (Å²) < 4.78 is 28.3. The molecule has 4 rings (SSSR count). The summed E-state index contributed by atoms with van der Waals surface area (Å²) in [5.41, 5.74) is 8.32. The Hall–Kier alpha value is -2.64. The van der Waals surface area contributed by atoms with Crippen molar-refractivity contribution >= 4 is 10.9 Å². The number of rotatable bonds is 6. The third-order valence-electron chi connectivity index (χ3n) is 5.94. The first-order chi connectivity index (χ1) is 14.9. The van der Waals surface area contributed by atoms with Crippen LogP contribution in [0.3, 0.4) is 0 Å². The van der Waals surface area contributed by atoms with Crippen molar-refractivity contribution in [3.05, 3.63) is 70.3 Å². The molecule has 1 fully saturated rings. The summed E-state index contributed by atoms with van der Waals surface area (Å²) in [5, 5.41) is 0.598. The van der Waals surface area contributed by atoms with Crippen LogP contribution >= 0.6 is 0 Å². The third kappa shape index (κ3) is 4.67. The molecule has 0 amide bonds. The van der Waals surface area contributed by atoms with Crippen LogP contribution in [0.25, 0.3) is 16.6 Å². The minimum Gasteiger partial charge on any atom is -0.322 e. The van der Waals surface area contributed by atoms with Crippen molar-refractivity contribution < 1.29 is 8.78 Å². The van der Waals surface area contributed by atoms with Crippen molar-refractivity contribution in [2.24, 2.45) is 5.73 Å². The summed E-state index contributed by atoms with van der Waals surface area (Å²) >= 11 is 0. The fraction of sp³-hybridized carbons (Fsp3) is 0.417. The number of nitrogens with two attached hydrogens (primary N) is 1. The van der Waals surface area contributed by atoms with Crippen LogP contribution in [-0.2, 0) is 6.42 Å². The Balaban J connectivity index is 1.64. The number of hydrogen-bond acceptors (Lipinski definition) is 4. The molecule has 2 heterocycles. The Labute approximate surface area is 180 Å². The lowest BCUT2D eigenvalue weighted by atomic mass is 10.0. The number of alkyl halides is 2. The molecule has 2 N–H and O–H groups in total. The van der Waals surface area contributed by atoms with Gasteiger partial charge in [-0.2, -0.15) is 0 Å². The number of hydrogen-bond donors (Lipinski definition) is 1. The maximum absolute atomic E-state index is 13.6. The molecular weight excluding hydrogens is 398 g/mol. The predicted molar refractivity (Wildman–Crippen MR) is 119 cm³/mol. The summed E-state index contributed by atoms with van der Waals surface area (Å²) in [4.78, 5) is 20.4. The fourth-order valence-electron chi connectivity index (χ4n) is 4.25. The first-order valence-corrected chi connectivity index (χ1v) is 10.8. The van der Waals surface area contributed by atoms with E-state index in [1.165, 1.54) is 0 Å². The molecule has 5 nitrogen and oxygen atoms in total. The van der Waals surface area contributed by atoms with E-state index in [9.17, 15) is 13.6 Å². The van der Waals surface area contributed by atoms with E-state index in [-0.39, 0.29) is 18.4 Å². The van der Waals surface area contributed by atoms with Crippen LogP contribution < -0.4 is 11.3 Å². The summed E-state index contributed by atoms with van der Waals surface area (Å²) in [6.45, 7) is 3.40. The molecule has 7 heteroatoms. The molecule has 0 spiro atoms. The lowest BCUT2D eigenvalue weighted by Gasteiger charge is -2.31. The molecule has 0 unspecified atom stereocenters. The number of piperidine rings is 1. The van der Waals surface area contributed by atoms with E-state index in [2.05, 4.69) is 4.90 Å². The van der Waals surface area contributed by atoms with Gasteiger partial charge in [-0.15, -0.1) is 0 Å². The number of halogens is 2. The lowest BCUT2D eigenvalue weighted by Crippen LogP contribution is -2.39. The molecule has 0 saturated carbocycles. The van der Waals surface area contributed by atoms with Crippen LogP contribution in [0.2, 0.25) is 0 Å². The van der Waals surface area contributed by atoms with Crippen molar-refractivity contribution in [2.45, 2.75) is 44.6 Å². The summed E-state index contributed by atoms with van der Waals surface area (Å²) in [6, 6.07) is 14.7. The Bertz CT molecular complexity index is 1100. The first-order valence-electron chi connectivity index (χ1n) is 10.8. The van der Waals surface area contributed by atoms with E-state index in [1.54, 1.807) is 4.57 Å². The maximum atomic E-state index is 13.6. The van der Waals surface area contributed by atoms with Crippen LogP contribution in [-0.4, -0.2) is 40.0 Å². The van der Waals surface area contributed by atoms with Gasteiger partial charge in [0.1, 0.15) is 5.82 Å².